The normalized spacial score (nSPS) is 14.0. The zero-order valence-electron chi connectivity index (χ0n) is 40.7. The van der Waals surface area contributed by atoms with Crippen LogP contribution >= 0.6 is 7.82 Å². The number of ether oxygens (including phenoxy) is 2. The van der Waals surface area contributed by atoms with Crippen LogP contribution in [0.4, 0.5) is 0 Å². The van der Waals surface area contributed by atoms with Gasteiger partial charge in [-0.2, -0.15) is 0 Å². The highest BCUT2D eigenvalue weighted by Crippen LogP contribution is 2.43. The van der Waals surface area contributed by atoms with Gasteiger partial charge < -0.3 is 25.2 Å². The molecule has 11 heteroatoms. The van der Waals surface area contributed by atoms with Gasteiger partial charge in [-0.3, -0.25) is 18.6 Å². The van der Waals surface area contributed by atoms with Gasteiger partial charge in [0, 0.05) is 13.0 Å². The predicted molar refractivity (Wildman–Crippen MR) is 263 cm³/mol. The van der Waals surface area contributed by atoms with E-state index in [1.807, 2.05) is 0 Å². The molecule has 0 saturated carbocycles. The first kappa shape index (κ1) is 61.2. The Hall–Kier alpha value is -1.81. The van der Waals surface area contributed by atoms with E-state index in [2.05, 4.69) is 50.3 Å². The first-order chi connectivity index (χ1) is 30.7. The van der Waals surface area contributed by atoms with Crippen molar-refractivity contribution in [3.8, 4) is 0 Å². The van der Waals surface area contributed by atoms with Gasteiger partial charge in [-0.15, -0.1) is 0 Å². The average molecular weight is 912 g/mol. The monoisotopic (exact) mass is 912 g/mol. The fourth-order valence-corrected chi connectivity index (χ4v) is 8.16. The quantitative estimate of drug-likeness (QED) is 0.0232. The average Bonchev–Trinajstić information content (AvgIpc) is 3.26. The lowest BCUT2D eigenvalue weighted by molar-refractivity contribution is -0.154. The Morgan fingerprint density at radius 3 is 1.30 bits per heavy atom. The van der Waals surface area contributed by atoms with Crippen LogP contribution in [0.25, 0.3) is 0 Å². The molecule has 3 unspecified atom stereocenters. The van der Waals surface area contributed by atoms with Gasteiger partial charge in [-0.1, -0.05) is 224 Å². The Balaban J connectivity index is 4.14. The van der Waals surface area contributed by atoms with Crippen LogP contribution in [0.15, 0.2) is 36.5 Å². The summed E-state index contributed by atoms with van der Waals surface area (Å²) in [5.74, 6) is -1.77. The third kappa shape index (κ3) is 48.0. The number of carbonyl (C=O) groups excluding carboxylic acids is 1. The number of nitrogens with two attached hydrogens (primary N) is 1. The summed E-state index contributed by atoms with van der Waals surface area (Å²) >= 11 is 0. The summed E-state index contributed by atoms with van der Waals surface area (Å²) in [6, 6.07) is -1.47. The standard InChI is InChI=1S/C52H98NO9P/c1-3-5-7-9-11-13-15-17-19-21-23-24-25-27-29-31-33-35-37-39-41-43-45-59-46-49(47-60-63(57,58)61-48-50(53)52(55)56)62-51(54)44-42-40-38-36-34-32-30-28-26-22-20-18-16-14-12-10-8-6-4-2/h15,17,21,23,25,27,49-50H,3-14,16,18-20,22,24,26,28-48,53H2,1-2H3,(H,55,56)(H,57,58)/b17-15-,23-21-,27-25-. The summed E-state index contributed by atoms with van der Waals surface area (Å²) in [5.41, 5.74) is 5.38. The van der Waals surface area contributed by atoms with Crippen molar-refractivity contribution in [2.45, 2.75) is 257 Å². The molecular weight excluding hydrogens is 814 g/mol. The molecule has 0 aliphatic rings. The van der Waals surface area contributed by atoms with E-state index < -0.39 is 45.1 Å². The second-order valence-corrected chi connectivity index (χ2v) is 19.1. The summed E-state index contributed by atoms with van der Waals surface area (Å²) in [6.45, 7) is 3.89. The minimum atomic E-state index is -4.62. The van der Waals surface area contributed by atoms with Crippen molar-refractivity contribution in [1.29, 1.82) is 0 Å². The molecule has 0 rings (SSSR count). The second kappa shape index (κ2) is 48.1. The summed E-state index contributed by atoms with van der Waals surface area (Å²) in [5, 5.41) is 8.93. The number of phosphoric acid groups is 1. The van der Waals surface area contributed by atoms with E-state index in [-0.39, 0.29) is 13.0 Å². The molecule has 63 heavy (non-hydrogen) atoms. The van der Waals surface area contributed by atoms with Gasteiger partial charge in [0.1, 0.15) is 12.1 Å². The Morgan fingerprint density at radius 2 is 0.873 bits per heavy atom. The lowest BCUT2D eigenvalue weighted by Gasteiger charge is -2.20. The minimum absolute atomic E-state index is 0.0131. The molecule has 4 N–H and O–H groups in total. The number of carboxylic acids is 1. The molecule has 10 nitrogen and oxygen atoms in total. The Labute approximate surface area is 387 Å². The van der Waals surface area contributed by atoms with Crippen molar-refractivity contribution in [3.63, 3.8) is 0 Å². The van der Waals surface area contributed by atoms with E-state index in [0.29, 0.717) is 13.0 Å². The van der Waals surface area contributed by atoms with Gasteiger partial charge in [0.05, 0.1) is 19.8 Å². The fourth-order valence-electron chi connectivity index (χ4n) is 7.38. The number of hydrogen-bond acceptors (Lipinski definition) is 8. The van der Waals surface area contributed by atoms with Crippen molar-refractivity contribution < 1.29 is 42.7 Å². The van der Waals surface area contributed by atoms with E-state index >= 15 is 0 Å². The van der Waals surface area contributed by atoms with Gasteiger partial charge >= 0.3 is 19.8 Å². The van der Waals surface area contributed by atoms with Crippen molar-refractivity contribution in [1.82, 2.24) is 0 Å². The van der Waals surface area contributed by atoms with Crippen molar-refractivity contribution >= 4 is 19.8 Å². The molecule has 0 amide bonds. The molecule has 370 valence electrons. The van der Waals surface area contributed by atoms with Crippen LogP contribution in [0.5, 0.6) is 0 Å². The van der Waals surface area contributed by atoms with E-state index in [1.54, 1.807) is 0 Å². The van der Waals surface area contributed by atoms with Crippen molar-refractivity contribution in [2.24, 2.45) is 5.73 Å². The first-order valence-corrected chi connectivity index (χ1v) is 27.5. The number of unbranched alkanes of at least 4 members (excludes halogenated alkanes) is 30. The van der Waals surface area contributed by atoms with E-state index in [0.717, 1.165) is 51.4 Å². The maximum atomic E-state index is 12.7. The van der Waals surface area contributed by atoms with Crippen LogP contribution in [0.2, 0.25) is 0 Å². The predicted octanol–water partition coefficient (Wildman–Crippen LogP) is 15.2. The molecular formula is C52H98NO9P. The minimum Gasteiger partial charge on any atom is -0.480 e. The molecule has 0 aromatic carbocycles. The number of allylic oxidation sites excluding steroid dienone is 6. The van der Waals surface area contributed by atoms with Crippen LogP contribution in [-0.2, 0) is 32.7 Å². The SMILES string of the molecule is CCCCCCC/C=C\C/C=C\C/C=C\CCCCCCCCCOCC(COP(=O)(O)OCC(N)C(=O)O)OC(=O)CCCCCCCCCCCCCCCCCCCCC. The van der Waals surface area contributed by atoms with E-state index in [9.17, 15) is 19.0 Å². The van der Waals surface area contributed by atoms with Gasteiger partial charge in [-0.25, -0.2) is 4.57 Å². The highest BCUT2D eigenvalue weighted by atomic mass is 31.2. The molecule has 3 atom stereocenters. The van der Waals surface area contributed by atoms with E-state index in [1.165, 1.54) is 167 Å². The molecule has 0 radical (unpaired) electrons. The number of rotatable bonds is 50. The summed E-state index contributed by atoms with van der Waals surface area (Å²) < 4.78 is 33.5. The summed E-state index contributed by atoms with van der Waals surface area (Å²) in [7, 11) is -4.62. The maximum absolute atomic E-state index is 12.7. The number of phosphoric ester groups is 1. The van der Waals surface area contributed by atoms with Gasteiger partial charge in [-0.05, 0) is 51.4 Å². The fraction of sp³-hybridized carbons (Fsp3) is 0.846. The molecule has 0 saturated heterocycles. The highest BCUT2D eigenvalue weighted by Gasteiger charge is 2.27. The zero-order chi connectivity index (χ0) is 46.2. The number of carboxylic acid groups (broad SMARTS) is 1. The third-order valence-corrected chi connectivity index (χ3v) is 12.4. The lowest BCUT2D eigenvalue weighted by atomic mass is 10.0. The molecule has 0 aromatic heterocycles. The molecule has 0 aliphatic heterocycles. The third-order valence-electron chi connectivity index (χ3n) is 11.4. The van der Waals surface area contributed by atoms with Crippen molar-refractivity contribution in [2.75, 3.05) is 26.4 Å². The Bertz CT molecular complexity index is 1150. The van der Waals surface area contributed by atoms with Gasteiger partial charge in [0.15, 0.2) is 0 Å². The molecule has 0 aliphatic carbocycles. The molecule has 0 spiro atoms. The Morgan fingerprint density at radius 1 is 0.508 bits per heavy atom. The lowest BCUT2D eigenvalue weighted by Crippen LogP contribution is -2.34. The van der Waals surface area contributed by atoms with Crippen LogP contribution in [0.3, 0.4) is 0 Å². The van der Waals surface area contributed by atoms with Crippen LogP contribution in [0, 0.1) is 0 Å². The topological polar surface area (TPSA) is 155 Å². The zero-order valence-corrected chi connectivity index (χ0v) is 41.6. The van der Waals surface area contributed by atoms with Crippen LogP contribution in [-0.4, -0.2) is 60.5 Å². The molecule has 0 fully saturated rings. The highest BCUT2D eigenvalue weighted by molar-refractivity contribution is 7.47. The van der Waals surface area contributed by atoms with Crippen LogP contribution in [0.1, 0.15) is 245 Å². The number of esters is 1. The number of hydrogen-bond donors (Lipinski definition) is 3. The molecule has 0 bridgehead atoms. The van der Waals surface area contributed by atoms with Gasteiger partial charge in [0.25, 0.3) is 0 Å². The van der Waals surface area contributed by atoms with Gasteiger partial charge in [0.2, 0.25) is 0 Å². The largest absolute Gasteiger partial charge is 0.480 e. The summed E-state index contributed by atoms with van der Waals surface area (Å²) in [6.07, 6.45) is 56.3. The smallest absolute Gasteiger partial charge is 0.472 e. The molecule has 0 heterocycles. The van der Waals surface area contributed by atoms with Crippen LogP contribution < -0.4 is 5.73 Å². The van der Waals surface area contributed by atoms with E-state index in [4.69, 9.17) is 29.4 Å². The number of aliphatic carboxylic acids is 1. The first-order valence-electron chi connectivity index (χ1n) is 26.0. The maximum Gasteiger partial charge on any atom is 0.472 e. The second-order valence-electron chi connectivity index (χ2n) is 17.7. The summed E-state index contributed by atoms with van der Waals surface area (Å²) in [4.78, 5) is 33.7. The van der Waals surface area contributed by atoms with Crippen molar-refractivity contribution in [3.05, 3.63) is 36.5 Å². The number of carbonyl (C=O) groups is 2. The Kier molecular flexibility index (Phi) is 46.7. The molecule has 0 aromatic rings.